The number of hydrogen-bond acceptors (Lipinski definition) is 0. The predicted molar refractivity (Wildman–Crippen MR) is 36.2 cm³/mol. The van der Waals surface area contributed by atoms with Crippen molar-refractivity contribution in [3.8, 4) is 0 Å². The minimum absolute atomic E-state index is 0. The van der Waals surface area contributed by atoms with Gasteiger partial charge in [0.25, 0.3) is 0 Å². The van der Waals surface area contributed by atoms with Gasteiger partial charge >= 0.3 is 39.6 Å². The molecule has 0 aromatic rings. The van der Waals surface area contributed by atoms with Gasteiger partial charge in [-0.1, -0.05) is 0 Å². The fourth-order valence-electron chi connectivity index (χ4n) is 0. The molecule has 3 radical (unpaired) electrons. The maximum atomic E-state index is 3.50. The Balaban J connectivity index is 0. The summed E-state index contributed by atoms with van der Waals surface area (Å²) in [4.78, 5) is 0. The fourth-order valence-corrected chi connectivity index (χ4v) is 0. The van der Waals surface area contributed by atoms with Crippen LogP contribution in [-0.2, 0) is 0 Å². The molecule has 0 atom stereocenters. The van der Waals surface area contributed by atoms with Gasteiger partial charge in [0.15, 0.2) is 0 Å². The van der Waals surface area contributed by atoms with Gasteiger partial charge in [0.05, 0.1) is 0 Å². The van der Waals surface area contributed by atoms with Crippen LogP contribution >= 0.6 is 24.0 Å². The zero-order valence-corrected chi connectivity index (χ0v) is 8.08. The van der Waals surface area contributed by atoms with E-state index in [4.69, 9.17) is 0 Å². The summed E-state index contributed by atoms with van der Waals surface area (Å²) in [7, 11) is 0. The molecule has 0 aromatic heterocycles. The van der Waals surface area contributed by atoms with Crippen molar-refractivity contribution in [1.82, 2.24) is 0 Å². The van der Waals surface area contributed by atoms with Gasteiger partial charge in [0, 0.05) is 0 Å². The van der Waals surface area contributed by atoms with Gasteiger partial charge < -0.3 is 0 Å². The van der Waals surface area contributed by atoms with Crippen LogP contribution in [0.4, 0.5) is 0 Å². The van der Waals surface area contributed by atoms with E-state index in [1.165, 1.54) is 4.44 Å². The van der Waals surface area contributed by atoms with Crippen molar-refractivity contribution in [3.05, 3.63) is 12.7 Å². The molecule has 0 amide bonds. The smallest absolute Gasteiger partial charge is 0.107 e. The first-order valence-electron chi connectivity index (χ1n) is 1.17. The Morgan fingerprint density at radius 1 is 1.80 bits per heavy atom. The quantitative estimate of drug-likeness (QED) is 0.388. The molecule has 2 heteroatoms. The van der Waals surface area contributed by atoms with Crippen LogP contribution in [0.2, 0.25) is 4.44 Å². The van der Waals surface area contributed by atoms with Gasteiger partial charge in [-0.3, -0.25) is 0 Å². The third-order valence-electron chi connectivity index (χ3n) is 0.144. The average Bonchev–Trinajstić information content (AvgIpc) is 1.37. The van der Waals surface area contributed by atoms with Gasteiger partial charge in [0.1, 0.15) is 0 Å². The van der Waals surface area contributed by atoms with Crippen LogP contribution in [0.15, 0.2) is 12.7 Å². The second-order valence-corrected chi connectivity index (χ2v) is 1.66. The molecule has 29 valence electrons. The number of hydrogen-bond donors (Lipinski definition) is 0. The first-order valence-corrected chi connectivity index (χ1v) is 3.19. The van der Waals surface area contributed by atoms with Crippen LogP contribution in [0.3, 0.4) is 0 Å². The van der Waals surface area contributed by atoms with E-state index < -0.39 is 0 Å². The summed E-state index contributed by atoms with van der Waals surface area (Å²) < 4.78 is 1.17. The van der Waals surface area contributed by atoms with E-state index >= 15 is 0 Å². The molecule has 0 bridgehead atoms. The van der Waals surface area contributed by atoms with Crippen LogP contribution in [-0.4, -0.2) is 22.5 Å². The van der Waals surface area contributed by atoms with E-state index in [1.54, 1.807) is 22.5 Å². The van der Waals surface area contributed by atoms with Crippen molar-refractivity contribution in [2.75, 3.05) is 0 Å². The Bertz CT molecular complexity index is 20.9. The second-order valence-electron chi connectivity index (χ2n) is 0.493. The van der Waals surface area contributed by atoms with Crippen molar-refractivity contribution in [1.29, 1.82) is 0 Å². The van der Waals surface area contributed by atoms with Crippen LogP contribution in [0.1, 0.15) is 0 Å². The van der Waals surface area contributed by atoms with Gasteiger partial charge in [-0.2, -0.15) is 0 Å². The van der Waals surface area contributed by atoms with Gasteiger partial charge in [0.2, 0.25) is 0 Å². The minimum atomic E-state index is 0. The van der Waals surface area contributed by atoms with Crippen LogP contribution in [0, 0.1) is 0 Å². The number of halogens is 1. The average molecular weight is 288 g/mol. The molecule has 0 nitrogen and oxygen atoms in total. The normalized spacial score (nSPS) is 5.00. The van der Waals surface area contributed by atoms with E-state index in [-0.39, 0.29) is 24.0 Å². The SMILES string of the molecule is C=C[CH2][Sn].I. The summed E-state index contributed by atoms with van der Waals surface area (Å²) in [5, 5.41) is 0. The zero-order valence-electron chi connectivity index (χ0n) is 2.90. The molecule has 0 saturated heterocycles. The third-order valence-corrected chi connectivity index (χ3v) is 0.968. The summed E-state index contributed by atoms with van der Waals surface area (Å²) in [6.07, 6.45) is 1.92. The molecular formula is C3H6ISn. The summed E-state index contributed by atoms with van der Waals surface area (Å²) in [6.45, 7) is 3.50. The molecule has 0 aliphatic rings. The maximum Gasteiger partial charge on any atom is -0.107 e. The van der Waals surface area contributed by atoms with Crippen molar-refractivity contribution in [3.63, 3.8) is 0 Å². The Hall–Kier alpha value is 1.27. The Labute approximate surface area is 63.1 Å². The largest absolute Gasteiger partial charge is 0.107 e. The van der Waals surface area contributed by atoms with Crippen LogP contribution in [0.5, 0.6) is 0 Å². The number of allylic oxidation sites excluding steroid dienone is 1. The van der Waals surface area contributed by atoms with Crippen molar-refractivity contribution in [2.45, 2.75) is 4.44 Å². The molecular weight excluding hydrogens is 282 g/mol. The molecule has 0 spiro atoms. The predicted octanol–water partition coefficient (Wildman–Crippen LogP) is 1.38. The summed E-state index contributed by atoms with van der Waals surface area (Å²) >= 11 is 1.55. The second kappa shape index (κ2) is 8.99. The molecule has 0 aliphatic heterocycles. The zero-order chi connectivity index (χ0) is 3.41. The topological polar surface area (TPSA) is 0 Å². The first-order chi connectivity index (χ1) is 1.91. The van der Waals surface area contributed by atoms with E-state index in [1.807, 2.05) is 6.08 Å². The van der Waals surface area contributed by atoms with E-state index in [9.17, 15) is 0 Å². The van der Waals surface area contributed by atoms with Gasteiger partial charge in [-0.25, -0.2) is 0 Å². The van der Waals surface area contributed by atoms with Gasteiger partial charge in [-0.05, 0) is 0 Å². The summed E-state index contributed by atoms with van der Waals surface area (Å²) in [5.41, 5.74) is 0. The Morgan fingerprint density at radius 3 is 2.00 bits per heavy atom. The van der Waals surface area contributed by atoms with E-state index in [0.29, 0.717) is 0 Å². The van der Waals surface area contributed by atoms with Crippen LogP contribution in [0.25, 0.3) is 0 Å². The molecule has 0 heterocycles. The first kappa shape index (κ1) is 9.55. The van der Waals surface area contributed by atoms with Crippen LogP contribution < -0.4 is 0 Å². The van der Waals surface area contributed by atoms with Crippen molar-refractivity contribution >= 4 is 46.5 Å². The summed E-state index contributed by atoms with van der Waals surface area (Å²) in [5.74, 6) is 0. The van der Waals surface area contributed by atoms with E-state index in [0.717, 1.165) is 0 Å². The Morgan fingerprint density at radius 2 is 2.00 bits per heavy atom. The van der Waals surface area contributed by atoms with E-state index in [2.05, 4.69) is 6.58 Å². The standard InChI is InChI=1S/C3H5.HI.Sn/c1-3-2;;/h3H,1-2H2;1H;. The molecule has 0 fully saturated rings. The minimum Gasteiger partial charge on any atom is -0.107 e. The van der Waals surface area contributed by atoms with Crippen molar-refractivity contribution < 1.29 is 0 Å². The van der Waals surface area contributed by atoms with Crippen molar-refractivity contribution in [2.24, 2.45) is 0 Å². The Kier molecular flexibility index (Phi) is 17.2. The molecule has 0 aromatic carbocycles. The molecule has 5 heavy (non-hydrogen) atoms. The fraction of sp³-hybridized carbons (Fsp3) is 0.333. The molecule has 0 aliphatic carbocycles. The van der Waals surface area contributed by atoms with Gasteiger partial charge in [-0.15, -0.1) is 24.0 Å². The molecule has 0 N–H and O–H groups in total. The maximum absolute atomic E-state index is 3.50. The molecule has 0 saturated carbocycles. The third kappa shape index (κ3) is 10.9. The summed E-state index contributed by atoms with van der Waals surface area (Å²) in [6, 6.07) is 0. The molecule has 0 unspecified atom stereocenters. The molecule has 0 rings (SSSR count). The monoisotopic (exact) mass is 289 g/mol. The number of rotatable bonds is 1.